The lowest BCUT2D eigenvalue weighted by atomic mass is 10.1. The maximum absolute atomic E-state index is 8.88. The summed E-state index contributed by atoms with van der Waals surface area (Å²) in [6.07, 6.45) is 7.26. The molecule has 1 heterocycles. The van der Waals surface area contributed by atoms with E-state index in [1.54, 1.807) is 12.4 Å². The average Bonchev–Trinajstić information content (AvgIpc) is 2.30. The van der Waals surface area contributed by atoms with Crippen molar-refractivity contribution in [3.63, 3.8) is 0 Å². The van der Waals surface area contributed by atoms with Crippen molar-refractivity contribution in [1.82, 2.24) is 4.98 Å². The van der Waals surface area contributed by atoms with Gasteiger partial charge in [-0.2, -0.15) is 0 Å². The molecule has 1 aromatic rings. The van der Waals surface area contributed by atoms with Crippen LogP contribution in [-0.2, 0) is 0 Å². The minimum Gasteiger partial charge on any atom is -0.411 e. The van der Waals surface area contributed by atoms with E-state index in [2.05, 4.69) is 10.1 Å². The lowest BCUT2D eigenvalue weighted by Gasteiger charge is -2.03. The number of rotatable bonds is 6. The summed E-state index contributed by atoms with van der Waals surface area (Å²) in [6.45, 7) is 0.723. The third-order valence-electron chi connectivity index (χ3n) is 2.25. The molecule has 0 spiro atoms. The smallest absolute Gasteiger partial charge is 0.0868 e. The van der Waals surface area contributed by atoms with Crippen LogP contribution in [0.5, 0.6) is 0 Å². The fourth-order valence-electron chi connectivity index (χ4n) is 1.41. The van der Waals surface area contributed by atoms with Gasteiger partial charge >= 0.3 is 0 Å². The van der Waals surface area contributed by atoms with Crippen molar-refractivity contribution in [2.24, 2.45) is 10.9 Å². The molecule has 0 fully saturated rings. The highest BCUT2D eigenvalue weighted by Crippen LogP contribution is 2.07. The van der Waals surface area contributed by atoms with E-state index in [-0.39, 0.29) is 0 Å². The Labute approximate surface area is 89.8 Å². The average molecular weight is 207 g/mol. The number of nitrogens with two attached hydrogens (primary N) is 1. The largest absolute Gasteiger partial charge is 0.411 e. The molecule has 0 radical (unpaired) electrons. The molecule has 0 saturated heterocycles. The first-order valence-electron chi connectivity index (χ1n) is 5.20. The number of pyridine rings is 1. The SMILES string of the molecule is NCCCCCC(=NO)c1ccncc1. The van der Waals surface area contributed by atoms with Crippen LogP contribution in [0.2, 0.25) is 0 Å². The molecule has 1 rings (SSSR count). The van der Waals surface area contributed by atoms with Crippen LogP contribution in [0, 0.1) is 0 Å². The predicted molar refractivity (Wildman–Crippen MR) is 60.1 cm³/mol. The van der Waals surface area contributed by atoms with E-state index in [0.717, 1.165) is 43.5 Å². The fraction of sp³-hybridized carbons (Fsp3) is 0.455. The van der Waals surface area contributed by atoms with Gasteiger partial charge in [-0.05, 0) is 37.9 Å². The molecule has 0 bridgehead atoms. The third-order valence-corrected chi connectivity index (χ3v) is 2.25. The highest BCUT2D eigenvalue weighted by atomic mass is 16.4. The predicted octanol–water partition coefficient (Wildman–Crippen LogP) is 1.78. The van der Waals surface area contributed by atoms with Crippen LogP contribution in [0.25, 0.3) is 0 Å². The van der Waals surface area contributed by atoms with Gasteiger partial charge in [-0.25, -0.2) is 0 Å². The van der Waals surface area contributed by atoms with Gasteiger partial charge in [0, 0.05) is 18.0 Å². The molecule has 0 aliphatic carbocycles. The molecule has 3 N–H and O–H groups in total. The Morgan fingerprint density at radius 3 is 2.60 bits per heavy atom. The van der Waals surface area contributed by atoms with Crippen LogP contribution in [0.3, 0.4) is 0 Å². The molecular formula is C11H17N3O. The normalized spacial score (nSPS) is 11.7. The molecule has 4 heteroatoms. The van der Waals surface area contributed by atoms with Crippen LogP contribution in [-0.4, -0.2) is 22.4 Å². The monoisotopic (exact) mass is 207 g/mol. The summed E-state index contributed by atoms with van der Waals surface area (Å²) in [4.78, 5) is 3.92. The number of nitrogens with zero attached hydrogens (tertiary/aromatic N) is 2. The van der Waals surface area contributed by atoms with Gasteiger partial charge in [0.15, 0.2) is 0 Å². The standard InChI is InChI=1S/C11H17N3O/c12-7-3-1-2-4-11(14-15)10-5-8-13-9-6-10/h5-6,8-9,15H,1-4,7,12H2. The summed E-state index contributed by atoms with van der Waals surface area (Å²) in [7, 11) is 0. The first-order chi connectivity index (χ1) is 7.38. The van der Waals surface area contributed by atoms with Crippen LogP contribution in [0.1, 0.15) is 31.2 Å². The molecule has 1 aromatic heterocycles. The molecule has 82 valence electrons. The topological polar surface area (TPSA) is 71.5 Å². The Bertz CT molecular complexity index is 298. The lowest BCUT2D eigenvalue weighted by molar-refractivity contribution is 0.317. The fourth-order valence-corrected chi connectivity index (χ4v) is 1.41. The number of oxime groups is 1. The van der Waals surface area contributed by atoms with Gasteiger partial charge in [0.05, 0.1) is 5.71 Å². The van der Waals surface area contributed by atoms with Crippen molar-refractivity contribution in [3.05, 3.63) is 30.1 Å². The molecule has 0 unspecified atom stereocenters. The van der Waals surface area contributed by atoms with Crippen molar-refractivity contribution in [2.45, 2.75) is 25.7 Å². The van der Waals surface area contributed by atoms with Gasteiger partial charge in [0.2, 0.25) is 0 Å². The zero-order valence-electron chi connectivity index (χ0n) is 8.76. The van der Waals surface area contributed by atoms with Gasteiger partial charge in [-0.3, -0.25) is 4.98 Å². The maximum Gasteiger partial charge on any atom is 0.0868 e. The van der Waals surface area contributed by atoms with E-state index >= 15 is 0 Å². The Morgan fingerprint density at radius 1 is 1.27 bits per heavy atom. The van der Waals surface area contributed by atoms with E-state index < -0.39 is 0 Å². The van der Waals surface area contributed by atoms with Crippen molar-refractivity contribution in [1.29, 1.82) is 0 Å². The molecule has 15 heavy (non-hydrogen) atoms. The second-order valence-electron chi connectivity index (χ2n) is 3.38. The highest BCUT2D eigenvalue weighted by molar-refractivity contribution is 5.99. The molecule has 0 aliphatic heterocycles. The summed E-state index contributed by atoms with van der Waals surface area (Å²) < 4.78 is 0. The summed E-state index contributed by atoms with van der Waals surface area (Å²) in [5.74, 6) is 0. The Kier molecular flexibility index (Phi) is 5.40. The molecule has 0 aliphatic rings. The van der Waals surface area contributed by atoms with Crippen molar-refractivity contribution in [2.75, 3.05) is 6.54 Å². The summed E-state index contributed by atoms with van der Waals surface area (Å²) in [6, 6.07) is 3.69. The number of unbranched alkanes of at least 4 members (excludes halogenated alkanes) is 2. The second-order valence-corrected chi connectivity index (χ2v) is 3.38. The molecule has 0 amide bonds. The van der Waals surface area contributed by atoms with Crippen LogP contribution < -0.4 is 5.73 Å². The van der Waals surface area contributed by atoms with Crippen molar-refractivity contribution in [3.8, 4) is 0 Å². The number of aromatic nitrogens is 1. The zero-order valence-corrected chi connectivity index (χ0v) is 8.76. The second kappa shape index (κ2) is 6.95. The van der Waals surface area contributed by atoms with E-state index in [1.807, 2.05) is 12.1 Å². The maximum atomic E-state index is 8.88. The van der Waals surface area contributed by atoms with Gasteiger partial charge in [-0.1, -0.05) is 11.6 Å². The first kappa shape index (κ1) is 11.7. The van der Waals surface area contributed by atoms with E-state index in [9.17, 15) is 0 Å². The quantitative estimate of drug-likeness (QED) is 0.323. The lowest BCUT2D eigenvalue weighted by Crippen LogP contribution is -2.02. The van der Waals surface area contributed by atoms with Crippen molar-refractivity contribution >= 4 is 5.71 Å². The Morgan fingerprint density at radius 2 is 2.00 bits per heavy atom. The van der Waals surface area contributed by atoms with Gasteiger partial charge in [0.25, 0.3) is 0 Å². The summed E-state index contributed by atoms with van der Waals surface area (Å²) >= 11 is 0. The molecule has 0 saturated carbocycles. The minimum absolute atomic E-state index is 0.717. The van der Waals surface area contributed by atoms with Crippen molar-refractivity contribution < 1.29 is 5.21 Å². The minimum atomic E-state index is 0.717. The Hall–Kier alpha value is -1.42. The van der Waals surface area contributed by atoms with Gasteiger partial charge < -0.3 is 10.9 Å². The zero-order chi connectivity index (χ0) is 10.9. The number of hydrogen-bond acceptors (Lipinski definition) is 4. The molecule has 4 nitrogen and oxygen atoms in total. The van der Waals surface area contributed by atoms with E-state index in [1.165, 1.54) is 0 Å². The third kappa shape index (κ3) is 4.08. The van der Waals surface area contributed by atoms with Gasteiger partial charge in [0.1, 0.15) is 0 Å². The van der Waals surface area contributed by atoms with Crippen LogP contribution in [0.4, 0.5) is 0 Å². The summed E-state index contributed by atoms with van der Waals surface area (Å²) in [5.41, 5.74) is 7.05. The van der Waals surface area contributed by atoms with E-state index in [0.29, 0.717) is 0 Å². The van der Waals surface area contributed by atoms with Crippen LogP contribution >= 0.6 is 0 Å². The molecule has 0 atom stereocenters. The summed E-state index contributed by atoms with van der Waals surface area (Å²) in [5, 5.41) is 12.2. The number of hydrogen-bond donors (Lipinski definition) is 2. The highest BCUT2D eigenvalue weighted by Gasteiger charge is 2.03. The first-order valence-corrected chi connectivity index (χ1v) is 5.20. The van der Waals surface area contributed by atoms with Crippen LogP contribution in [0.15, 0.2) is 29.7 Å². The Balaban J connectivity index is 2.44. The van der Waals surface area contributed by atoms with E-state index in [4.69, 9.17) is 10.9 Å². The molecular weight excluding hydrogens is 190 g/mol. The van der Waals surface area contributed by atoms with Gasteiger partial charge in [-0.15, -0.1) is 0 Å². The molecule has 0 aromatic carbocycles.